The van der Waals surface area contributed by atoms with Crippen molar-refractivity contribution < 1.29 is 27.3 Å². The Balaban J connectivity index is 7.03. The van der Waals surface area contributed by atoms with E-state index in [0.29, 0.717) is 0 Å². The van der Waals surface area contributed by atoms with Crippen LogP contribution in [0, 0.1) is 0 Å². The summed E-state index contributed by atoms with van der Waals surface area (Å²) in [4.78, 5) is 28.2. The standard InChI is InChI=1S/C28H62O6Si4/c1-25(2,3)35(13,14)31-21(23(29)33-37(17,18)27(7,8)9)22(32-36(15,16)26(4,5)6)24(30)34-38(19,20)28(10,11)12/h21-22H,1-20H3. The van der Waals surface area contributed by atoms with E-state index < -0.39 is 57.4 Å². The van der Waals surface area contributed by atoms with Gasteiger partial charge in [0.1, 0.15) is 0 Å². The van der Waals surface area contributed by atoms with Gasteiger partial charge in [-0.15, -0.1) is 0 Å². The van der Waals surface area contributed by atoms with Crippen molar-refractivity contribution in [2.24, 2.45) is 0 Å². The first-order valence-electron chi connectivity index (χ1n) is 14.0. The zero-order chi connectivity index (χ0) is 31.1. The van der Waals surface area contributed by atoms with E-state index in [9.17, 15) is 9.59 Å². The highest BCUT2D eigenvalue weighted by Crippen LogP contribution is 2.43. The lowest BCUT2D eigenvalue weighted by Gasteiger charge is -2.45. The van der Waals surface area contributed by atoms with Gasteiger partial charge in [-0.1, -0.05) is 83.1 Å². The minimum absolute atomic E-state index is 0.187. The van der Waals surface area contributed by atoms with Crippen LogP contribution in [-0.4, -0.2) is 57.4 Å². The van der Waals surface area contributed by atoms with Crippen molar-refractivity contribution in [1.29, 1.82) is 0 Å². The van der Waals surface area contributed by atoms with Crippen LogP contribution in [0.1, 0.15) is 83.1 Å². The van der Waals surface area contributed by atoms with Gasteiger partial charge in [0.05, 0.1) is 0 Å². The number of rotatable bonds is 9. The van der Waals surface area contributed by atoms with Gasteiger partial charge in [-0.05, 0) is 72.5 Å². The molecule has 0 N–H and O–H groups in total. The monoisotopic (exact) mass is 606 g/mol. The van der Waals surface area contributed by atoms with E-state index in [-0.39, 0.29) is 20.2 Å². The molecule has 0 saturated carbocycles. The Morgan fingerprint density at radius 3 is 0.763 bits per heavy atom. The smallest absolute Gasteiger partial charge is 0.324 e. The van der Waals surface area contributed by atoms with Gasteiger partial charge in [0.2, 0.25) is 0 Å². The maximum atomic E-state index is 14.1. The maximum Gasteiger partial charge on any atom is 0.324 e. The van der Waals surface area contributed by atoms with Crippen LogP contribution in [0.15, 0.2) is 0 Å². The lowest BCUT2D eigenvalue weighted by Crippen LogP contribution is -2.60. The molecule has 2 unspecified atom stereocenters. The van der Waals surface area contributed by atoms with E-state index in [0.717, 1.165) is 0 Å². The van der Waals surface area contributed by atoms with Crippen molar-refractivity contribution in [2.45, 2.75) is 168 Å². The molecule has 0 aromatic heterocycles. The fourth-order valence-corrected chi connectivity index (χ4v) is 6.65. The summed E-state index contributed by atoms with van der Waals surface area (Å²) < 4.78 is 26.1. The molecule has 2 atom stereocenters. The Labute approximate surface area is 239 Å². The van der Waals surface area contributed by atoms with E-state index >= 15 is 0 Å². The second-order valence-electron chi connectivity index (χ2n) is 17.0. The fourth-order valence-electron chi connectivity index (χ4n) is 2.38. The summed E-state index contributed by atoms with van der Waals surface area (Å²) >= 11 is 0. The number of carbonyl (C=O) groups excluding carboxylic acids is 2. The molecule has 10 heteroatoms. The van der Waals surface area contributed by atoms with Gasteiger partial charge < -0.3 is 17.7 Å². The average molecular weight is 607 g/mol. The third-order valence-corrected chi connectivity index (χ3v) is 27.1. The van der Waals surface area contributed by atoms with Gasteiger partial charge in [-0.2, -0.15) is 0 Å². The Kier molecular flexibility index (Phi) is 11.5. The first-order valence-corrected chi connectivity index (χ1v) is 25.6. The van der Waals surface area contributed by atoms with E-state index in [4.69, 9.17) is 17.7 Å². The normalized spacial score (nSPS) is 16.6. The highest BCUT2D eigenvalue weighted by Gasteiger charge is 2.53. The zero-order valence-electron chi connectivity index (χ0n) is 28.6. The molecule has 0 heterocycles. The average Bonchev–Trinajstić information content (AvgIpc) is 2.59. The quantitative estimate of drug-likeness (QED) is 0.244. The van der Waals surface area contributed by atoms with Gasteiger partial charge in [-0.25, -0.2) is 0 Å². The van der Waals surface area contributed by atoms with Crippen molar-refractivity contribution >= 4 is 45.2 Å². The summed E-state index contributed by atoms with van der Waals surface area (Å²) in [5.41, 5.74) is 0. The fraction of sp³-hybridized carbons (Fsp3) is 0.929. The Bertz CT molecular complexity index is 767. The van der Waals surface area contributed by atoms with Crippen LogP contribution in [0.4, 0.5) is 0 Å². The highest BCUT2D eigenvalue weighted by atomic mass is 28.4. The van der Waals surface area contributed by atoms with Crippen LogP contribution in [0.5, 0.6) is 0 Å². The Morgan fingerprint density at radius 2 is 0.605 bits per heavy atom. The van der Waals surface area contributed by atoms with E-state index in [1.165, 1.54) is 0 Å². The molecule has 0 aliphatic heterocycles. The van der Waals surface area contributed by atoms with Crippen molar-refractivity contribution in [2.75, 3.05) is 0 Å². The van der Waals surface area contributed by atoms with Crippen molar-refractivity contribution in [3.63, 3.8) is 0 Å². The van der Waals surface area contributed by atoms with Crippen LogP contribution >= 0.6 is 0 Å². The largest absolute Gasteiger partial charge is 0.517 e. The summed E-state index contributed by atoms with van der Waals surface area (Å²) in [6.45, 7) is 41.7. The Morgan fingerprint density at radius 1 is 0.421 bits per heavy atom. The molecule has 0 bridgehead atoms. The summed E-state index contributed by atoms with van der Waals surface area (Å²) in [6, 6.07) is 0. The molecule has 0 aromatic carbocycles. The van der Waals surface area contributed by atoms with Gasteiger partial charge in [0, 0.05) is 0 Å². The minimum Gasteiger partial charge on any atom is -0.517 e. The van der Waals surface area contributed by atoms with Gasteiger partial charge in [0.25, 0.3) is 16.6 Å². The van der Waals surface area contributed by atoms with Crippen LogP contribution < -0.4 is 0 Å². The number of hydrogen-bond donors (Lipinski definition) is 0. The molecule has 0 rings (SSSR count). The summed E-state index contributed by atoms with van der Waals surface area (Å²) in [7, 11) is -10.1. The van der Waals surface area contributed by atoms with Crippen LogP contribution in [0.2, 0.25) is 72.5 Å². The van der Waals surface area contributed by atoms with Crippen LogP contribution in [0.3, 0.4) is 0 Å². The predicted molar refractivity (Wildman–Crippen MR) is 171 cm³/mol. The molecular formula is C28H62O6Si4. The molecule has 0 amide bonds. The molecule has 0 saturated heterocycles. The molecule has 0 fully saturated rings. The number of carbonyl (C=O) groups is 2. The third-order valence-electron chi connectivity index (χ3n) is 9.52. The lowest BCUT2D eigenvalue weighted by atomic mass is 10.2. The molecule has 0 radical (unpaired) electrons. The van der Waals surface area contributed by atoms with E-state index in [1.54, 1.807) is 0 Å². The molecular weight excluding hydrogens is 545 g/mol. The second-order valence-corrected chi connectivity index (χ2v) is 35.9. The van der Waals surface area contributed by atoms with E-state index in [1.807, 2.05) is 26.2 Å². The zero-order valence-corrected chi connectivity index (χ0v) is 32.6. The number of hydrogen-bond acceptors (Lipinski definition) is 6. The van der Waals surface area contributed by atoms with Gasteiger partial charge in [-0.3, -0.25) is 9.59 Å². The van der Waals surface area contributed by atoms with Crippen molar-refractivity contribution in [3.8, 4) is 0 Å². The molecule has 0 aromatic rings. The molecule has 0 spiro atoms. The third kappa shape index (κ3) is 9.39. The van der Waals surface area contributed by atoms with Gasteiger partial charge in [0.15, 0.2) is 28.8 Å². The molecule has 6 nitrogen and oxygen atoms in total. The van der Waals surface area contributed by atoms with Crippen LogP contribution in [-0.2, 0) is 27.3 Å². The summed E-state index contributed by atoms with van der Waals surface area (Å²) in [5, 5.41) is -0.760. The van der Waals surface area contributed by atoms with Crippen molar-refractivity contribution in [3.05, 3.63) is 0 Å². The van der Waals surface area contributed by atoms with E-state index in [2.05, 4.69) is 109 Å². The highest BCUT2D eigenvalue weighted by molar-refractivity contribution is 6.77. The molecule has 0 aliphatic rings. The first kappa shape index (κ1) is 37.7. The molecule has 38 heavy (non-hydrogen) atoms. The predicted octanol–water partition coefficient (Wildman–Crippen LogP) is 8.86. The first-order chi connectivity index (χ1) is 16.2. The van der Waals surface area contributed by atoms with Crippen LogP contribution in [0.25, 0.3) is 0 Å². The molecule has 0 aliphatic carbocycles. The topological polar surface area (TPSA) is 71.1 Å². The second kappa shape index (κ2) is 11.5. The summed E-state index contributed by atoms with van der Waals surface area (Å²) in [5.74, 6) is -1.03. The maximum absolute atomic E-state index is 14.1. The van der Waals surface area contributed by atoms with Gasteiger partial charge >= 0.3 is 11.9 Å². The Hall–Kier alpha value is -0.272. The lowest BCUT2D eigenvalue weighted by molar-refractivity contribution is -0.161. The molecule has 226 valence electrons. The van der Waals surface area contributed by atoms with Crippen molar-refractivity contribution in [1.82, 2.24) is 0 Å². The SMILES string of the molecule is CC(C)(C)[Si](C)(C)OC(=O)C(O[Si](C)(C)C(C)(C)C)C(O[Si](C)(C)C(C)(C)C)C(=O)O[Si](C)(C)C(C)(C)C. The minimum atomic E-state index is -2.52. The summed E-state index contributed by atoms with van der Waals surface area (Å²) in [6.07, 6.45) is -2.40.